The Hall–Kier alpha value is -1.88. The van der Waals surface area contributed by atoms with E-state index in [1.165, 1.54) is 24.8 Å². The Morgan fingerprint density at radius 3 is 2.37 bits per heavy atom. The van der Waals surface area contributed by atoms with Gasteiger partial charge in [0.05, 0.1) is 6.10 Å². The van der Waals surface area contributed by atoms with E-state index >= 15 is 0 Å². The number of aryl methyl sites for hydroxylation is 1. The lowest BCUT2D eigenvalue weighted by molar-refractivity contribution is 0.0599. The van der Waals surface area contributed by atoms with Gasteiger partial charge in [0, 0.05) is 12.1 Å². The minimum atomic E-state index is -0.583. The molecule has 0 radical (unpaired) electrons. The fourth-order valence-electron chi connectivity index (χ4n) is 3.67. The Morgan fingerprint density at radius 1 is 0.889 bits per heavy atom. The van der Waals surface area contributed by atoms with Crippen LogP contribution in [0, 0.1) is 0 Å². The highest BCUT2D eigenvalue weighted by atomic mass is 16.5. The van der Waals surface area contributed by atoms with E-state index in [4.69, 9.17) is 4.74 Å². The third-order valence-corrected chi connectivity index (χ3v) is 5.18. The van der Waals surface area contributed by atoms with Gasteiger partial charge < -0.3 is 19.8 Å². The number of hydrogen-bond acceptors (Lipinski definition) is 4. The van der Waals surface area contributed by atoms with E-state index in [2.05, 4.69) is 17.0 Å². The third-order valence-electron chi connectivity index (χ3n) is 5.18. The Balaban J connectivity index is 1.51. The van der Waals surface area contributed by atoms with Gasteiger partial charge in [-0.05, 0) is 50.4 Å². The van der Waals surface area contributed by atoms with Gasteiger partial charge in [-0.2, -0.15) is 0 Å². The van der Waals surface area contributed by atoms with Crippen molar-refractivity contribution in [3.05, 3.63) is 65.7 Å². The van der Waals surface area contributed by atoms with Crippen molar-refractivity contribution in [2.75, 3.05) is 26.2 Å². The van der Waals surface area contributed by atoms with E-state index in [0.29, 0.717) is 18.7 Å². The summed E-state index contributed by atoms with van der Waals surface area (Å²) in [5, 5.41) is 21.0. The standard InChI is InChI=1S/C23H31NO3/c25-20(17-24-15-7-2-8-16-24)18-27-23-12-6-5-11-21(23)22(26)14-13-19-9-3-1-4-10-19/h1,3-6,9-12,20,22,25-26H,2,7-8,13-18H2/t20-,22+/m1/s1. The fraction of sp³-hybridized carbons (Fsp3) is 0.478. The number of ether oxygens (including phenoxy) is 1. The Labute approximate surface area is 162 Å². The molecule has 2 aromatic rings. The van der Waals surface area contributed by atoms with Gasteiger partial charge in [-0.3, -0.25) is 0 Å². The smallest absolute Gasteiger partial charge is 0.125 e. The van der Waals surface area contributed by atoms with Crippen LogP contribution in [0.25, 0.3) is 0 Å². The van der Waals surface area contributed by atoms with Gasteiger partial charge in [-0.25, -0.2) is 0 Å². The van der Waals surface area contributed by atoms with Crippen LogP contribution in [0.2, 0.25) is 0 Å². The second-order valence-electron chi connectivity index (χ2n) is 7.40. The number of rotatable bonds is 9. The van der Waals surface area contributed by atoms with Crippen LogP contribution >= 0.6 is 0 Å². The second-order valence-corrected chi connectivity index (χ2v) is 7.40. The van der Waals surface area contributed by atoms with E-state index < -0.39 is 12.2 Å². The topological polar surface area (TPSA) is 52.9 Å². The fourth-order valence-corrected chi connectivity index (χ4v) is 3.67. The van der Waals surface area contributed by atoms with Gasteiger partial charge in [0.25, 0.3) is 0 Å². The van der Waals surface area contributed by atoms with Crippen LogP contribution in [0.4, 0.5) is 0 Å². The van der Waals surface area contributed by atoms with Crippen molar-refractivity contribution in [1.82, 2.24) is 4.90 Å². The zero-order valence-electron chi connectivity index (χ0n) is 16.0. The van der Waals surface area contributed by atoms with Crippen molar-refractivity contribution < 1.29 is 14.9 Å². The molecule has 4 heteroatoms. The predicted octanol–water partition coefficient (Wildman–Crippen LogP) is 3.58. The lowest BCUT2D eigenvalue weighted by atomic mass is 10.0. The van der Waals surface area contributed by atoms with E-state index in [0.717, 1.165) is 25.1 Å². The number of β-amino-alcohol motifs (C(OH)–C–C–N with tert-alkyl or cyclic N) is 1. The third kappa shape index (κ3) is 6.35. The zero-order valence-corrected chi connectivity index (χ0v) is 16.0. The van der Waals surface area contributed by atoms with Crippen LogP contribution in [0.3, 0.4) is 0 Å². The first-order valence-corrected chi connectivity index (χ1v) is 10.1. The number of aliphatic hydroxyl groups excluding tert-OH is 2. The summed E-state index contributed by atoms with van der Waals surface area (Å²) < 4.78 is 5.88. The van der Waals surface area contributed by atoms with Gasteiger partial charge in [0.2, 0.25) is 0 Å². The number of piperidine rings is 1. The van der Waals surface area contributed by atoms with Gasteiger partial charge in [0.15, 0.2) is 0 Å². The van der Waals surface area contributed by atoms with Crippen molar-refractivity contribution >= 4 is 0 Å². The SMILES string of the molecule is O[C@@H](COc1ccccc1[C@@H](O)CCc1ccccc1)CN1CCCCC1. The first-order valence-electron chi connectivity index (χ1n) is 10.1. The molecule has 2 atom stereocenters. The summed E-state index contributed by atoms with van der Waals surface area (Å²) in [6, 6.07) is 17.8. The lowest BCUT2D eigenvalue weighted by Gasteiger charge is -2.28. The second kappa shape index (κ2) is 10.5. The molecule has 1 aliphatic heterocycles. The summed E-state index contributed by atoms with van der Waals surface area (Å²) in [7, 11) is 0. The van der Waals surface area contributed by atoms with Gasteiger partial charge >= 0.3 is 0 Å². The number of para-hydroxylation sites is 1. The number of aliphatic hydroxyl groups is 2. The van der Waals surface area contributed by atoms with Crippen LogP contribution in [0.1, 0.15) is 42.9 Å². The highest BCUT2D eigenvalue weighted by Gasteiger charge is 2.17. The molecule has 0 saturated carbocycles. The van der Waals surface area contributed by atoms with Crippen LogP contribution in [-0.4, -0.2) is 47.5 Å². The Morgan fingerprint density at radius 2 is 1.59 bits per heavy atom. The van der Waals surface area contributed by atoms with Gasteiger partial charge in [0.1, 0.15) is 18.5 Å². The van der Waals surface area contributed by atoms with Crippen LogP contribution in [0.15, 0.2) is 54.6 Å². The summed E-state index contributed by atoms with van der Waals surface area (Å²) in [5.74, 6) is 0.663. The predicted molar refractivity (Wildman–Crippen MR) is 108 cm³/mol. The maximum Gasteiger partial charge on any atom is 0.125 e. The number of benzene rings is 2. The Bertz CT molecular complexity index is 670. The molecule has 2 N–H and O–H groups in total. The van der Waals surface area contributed by atoms with Crippen molar-refractivity contribution in [3.8, 4) is 5.75 Å². The molecule has 0 amide bonds. The molecule has 146 valence electrons. The summed E-state index contributed by atoms with van der Waals surface area (Å²) in [6.07, 6.45) is 4.07. The molecule has 0 aliphatic carbocycles. The summed E-state index contributed by atoms with van der Waals surface area (Å²) in [4.78, 5) is 2.30. The molecule has 4 nitrogen and oxygen atoms in total. The van der Waals surface area contributed by atoms with Crippen molar-refractivity contribution in [2.45, 2.75) is 44.3 Å². The van der Waals surface area contributed by atoms with Gasteiger partial charge in [-0.15, -0.1) is 0 Å². The number of likely N-dealkylation sites (tertiary alicyclic amines) is 1. The highest BCUT2D eigenvalue weighted by molar-refractivity contribution is 5.35. The zero-order chi connectivity index (χ0) is 18.9. The van der Waals surface area contributed by atoms with E-state index in [9.17, 15) is 10.2 Å². The molecule has 1 aliphatic rings. The van der Waals surface area contributed by atoms with Gasteiger partial charge in [-0.1, -0.05) is 55.0 Å². The van der Waals surface area contributed by atoms with Crippen LogP contribution < -0.4 is 4.74 Å². The summed E-state index contributed by atoms with van der Waals surface area (Å²) in [6.45, 7) is 3.02. The summed E-state index contributed by atoms with van der Waals surface area (Å²) in [5.41, 5.74) is 2.01. The average Bonchev–Trinajstić information content (AvgIpc) is 2.72. The normalized spacial score (nSPS) is 17.4. The maximum atomic E-state index is 10.6. The van der Waals surface area contributed by atoms with Crippen molar-refractivity contribution in [2.24, 2.45) is 0 Å². The molecule has 0 bridgehead atoms. The first kappa shape index (κ1) is 19.9. The van der Waals surface area contributed by atoms with E-state index in [1.807, 2.05) is 42.5 Å². The van der Waals surface area contributed by atoms with Crippen molar-refractivity contribution in [3.63, 3.8) is 0 Å². The quantitative estimate of drug-likeness (QED) is 0.709. The monoisotopic (exact) mass is 369 g/mol. The minimum absolute atomic E-state index is 0.249. The Kier molecular flexibility index (Phi) is 7.69. The molecular weight excluding hydrogens is 338 g/mol. The van der Waals surface area contributed by atoms with Crippen molar-refractivity contribution in [1.29, 1.82) is 0 Å². The molecular formula is C23H31NO3. The minimum Gasteiger partial charge on any atom is -0.490 e. The molecule has 2 aromatic carbocycles. The summed E-state index contributed by atoms with van der Waals surface area (Å²) >= 11 is 0. The van der Waals surface area contributed by atoms with Crippen LogP contribution in [0.5, 0.6) is 5.75 Å². The molecule has 0 unspecified atom stereocenters. The molecule has 27 heavy (non-hydrogen) atoms. The van der Waals surface area contributed by atoms with E-state index in [1.54, 1.807) is 0 Å². The largest absolute Gasteiger partial charge is 0.490 e. The molecule has 1 fully saturated rings. The molecule has 1 saturated heterocycles. The maximum absolute atomic E-state index is 10.6. The van der Waals surface area contributed by atoms with E-state index in [-0.39, 0.29) is 6.61 Å². The molecule has 1 heterocycles. The lowest BCUT2D eigenvalue weighted by Crippen LogP contribution is -2.38. The molecule has 0 spiro atoms. The van der Waals surface area contributed by atoms with Crippen LogP contribution in [-0.2, 0) is 6.42 Å². The average molecular weight is 370 g/mol. The number of nitrogens with zero attached hydrogens (tertiary/aromatic N) is 1. The first-order chi connectivity index (χ1) is 13.2. The number of hydrogen-bond donors (Lipinski definition) is 2. The highest BCUT2D eigenvalue weighted by Crippen LogP contribution is 2.28. The molecule has 3 rings (SSSR count). The molecule has 0 aromatic heterocycles.